The van der Waals surface area contributed by atoms with Gasteiger partial charge < -0.3 is 19.1 Å². The van der Waals surface area contributed by atoms with Gasteiger partial charge in [-0.05, 0) is 47.7 Å². The molecule has 0 N–H and O–H groups in total. The second kappa shape index (κ2) is 9.31. The number of methoxy groups -OCH3 is 2. The van der Waals surface area contributed by atoms with E-state index in [1.807, 2.05) is 31.2 Å². The zero-order valence-electron chi connectivity index (χ0n) is 17.0. The van der Waals surface area contributed by atoms with Crippen LogP contribution in [0.3, 0.4) is 0 Å². The number of hydrogen-bond acceptors (Lipinski definition) is 4. The Hall–Kier alpha value is -2.69. The number of carbonyl (C=O) groups excluding carboxylic acids is 1. The number of likely N-dealkylation sites (N-methyl/N-ethyl adjacent to an activating group) is 1. The monoisotopic (exact) mass is 371 g/mol. The molecule has 0 unspecified atom stereocenters. The standard InChI is InChI=1S/C22H29NO4/c1-15(2)18-9-7-16(3)11-20(18)27-14-22(24)23(4)13-17-8-10-19(25-5)21(12-17)26-6/h7-12,15H,13-14H2,1-6H3. The van der Waals surface area contributed by atoms with Crippen LogP contribution in [0.4, 0.5) is 0 Å². The topological polar surface area (TPSA) is 48.0 Å². The van der Waals surface area contributed by atoms with Gasteiger partial charge in [-0.1, -0.05) is 32.0 Å². The van der Waals surface area contributed by atoms with Gasteiger partial charge in [-0.3, -0.25) is 4.79 Å². The van der Waals surface area contributed by atoms with Crippen molar-refractivity contribution in [1.29, 1.82) is 0 Å². The summed E-state index contributed by atoms with van der Waals surface area (Å²) in [5, 5.41) is 0. The first-order valence-corrected chi connectivity index (χ1v) is 9.04. The molecule has 0 radical (unpaired) electrons. The van der Waals surface area contributed by atoms with Crippen molar-refractivity contribution in [3.63, 3.8) is 0 Å². The van der Waals surface area contributed by atoms with Crippen molar-refractivity contribution in [3.8, 4) is 17.2 Å². The minimum absolute atomic E-state index is 0.00691. The first kappa shape index (κ1) is 20.6. The van der Waals surface area contributed by atoms with Crippen LogP contribution in [-0.4, -0.2) is 38.7 Å². The summed E-state index contributed by atoms with van der Waals surface area (Å²) in [7, 11) is 4.96. The highest BCUT2D eigenvalue weighted by Crippen LogP contribution is 2.29. The van der Waals surface area contributed by atoms with Crippen LogP contribution in [-0.2, 0) is 11.3 Å². The molecule has 2 rings (SSSR count). The third kappa shape index (κ3) is 5.39. The van der Waals surface area contributed by atoms with Gasteiger partial charge in [0.15, 0.2) is 18.1 Å². The molecule has 0 spiro atoms. The third-order valence-corrected chi connectivity index (χ3v) is 4.44. The van der Waals surface area contributed by atoms with Crippen LogP contribution in [0, 0.1) is 6.92 Å². The molecule has 146 valence electrons. The molecule has 0 aliphatic heterocycles. The van der Waals surface area contributed by atoms with E-state index in [1.165, 1.54) is 0 Å². The van der Waals surface area contributed by atoms with Gasteiger partial charge in [0.25, 0.3) is 5.91 Å². The van der Waals surface area contributed by atoms with Gasteiger partial charge in [0.1, 0.15) is 5.75 Å². The molecule has 0 aromatic heterocycles. The first-order valence-electron chi connectivity index (χ1n) is 9.04. The van der Waals surface area contributed by atoms with E-state index in [0.29, 0.717) is 24.0 Å². The van der Waals surface area contributed by atoms with Gasteiger partial charge in [0.05, 0.1) is 14.2 Å². The van der Waals surface area contributed by atoms with Crippen molar-refractivity contribution in [2.75, 3.05) is 27.9 Å². The third-order valence-electron chi connectivity index (χ3n) is 4.44. The Morgan fingerprint density at radius 1 is 1.00 bits per heavy atom. The molecular weight excluding hydrogens is 342 g/mol. The Bertz CT molecular complexity index is 786. The quantitative estimate of drug-likeness (QED) is 0.699. The zero-order valence-corrected chi connectivity index (χ0v) is 17.0. The van der Waals surface area contributed by atoms with Gasteiger partial charge in [-0.25, -0.2) is 0 Å². The molecule has 0 saturated heterocycles. The Labute approximate surface area is 161 Å². The molecule has 0 heterocycles. The van der Waals surface area contributed by atoms with E-state index in [-0.39, 0.29) is 12.5 Å². The second-order valence-corrected chi connectivity index (χ2v) is 6.92. The van der Waals surface area contributed by atoms with Gasteiger partial charge in [0, 0.05) is 13.6 Å². The summed E-state index contributed by atoms with van der Waals surface area (Å²) in [5.74, 6) is 2.34. The summed E-state index contributed by atoms with van der Waals surface area (Å²) < 4.78 is 16.4. The average Bonchev–Trinajstić information content (AvgIpc) is 2.65. The van der Waals surface area contributed by atoms with E-state index in [2.05, 4.69) is 26.0 Å². The Balaban J connectivity index is 2.01. The van der Waals surface area contributed by atoms with Crippen LogP contribution in [0.2, 0.25) is 0 Å². The molecule has 1 amide bonds. The van der Waals surface area contributed by atoms with Crippen molar-refractivity contribution < 1.29 is 19.0 Å². The highest BCUT2D eigenvalue weighted by atomic mass is 16.5. The van der Waals surface area contributed by atoms with Crippen molar-refractivity contribution in [3.05, 3.63) is 53.1 Å². The molecule has 5 nitrogen and oxygen atoms in total. The summed E-state index contributed by atoms with van der Waals surface area (Å²) in [6.45, 7) is 6.72. The average molecular weight is 371 g/mol. The van der Waals surface area contributed by atoms with Crippen LogP contribution in [0.1, 0.15) is 36.5 Å². The van der Waals surface area contributed by atoms with Gasteiger partial charge >= 0.3 is 0 Å². The normalized spacial score (nSPS) is 10.6. The van der Waals surface area contributed by atoms with E-state index >= 15 is 0 Å². The molecule has 0 bridgehead atoms. The number of carbonyl (C=O) groups is 1. The lowest BCUT2D eigenvalue weighted by Gasteiger charge is -2.20. The maximum atomic E-state index is 12.5. The lowest BCUT2D eigenvalue weighted by Crippen LogP contribution is -2.31. The van der Waals surface area contributed by atoms with E-state index in [9.17, 15) is 4.79 Å². The molecule has 0 saturated carbocycles. The molecular formula is C22H29NO4. The van der Waals surface area contributed by atoms with Crippen LogP contribution in [0.5, 0.6) is 17.2 Å². The molecule has 2 aromatic rings. The number of benzene rings is 2. The summed E-state index contributed by atoms with van der Waals surface area (Å²) in [5.41, 5.74) is 3.18. The van der Waals surface area contributed by atoms with Gasteiger partial charge in [-0.15, -0.1) is 0 Å². The predicted octanol–water partition coefficient (Wildman–Crippen LogP) is 4.17. The SMILES string of the molecule is COc1ccc(CN(C)C(=O)COc2cc(C)ccc2C(C)C)cc1OC. The number of hydrogen-bond donors (Lipinski definition) is 0. The van der Waals surface area contributed by atoms with Gasteiger partial charge in [-0.2, -0.15) is 0 Å². The molecule has 0 aliphatic carbocycles. The van der Waals surface area contributed by atoms with Crippen LogP contribution < -0.4 is 14.2 Å². The van der Waals surface area contributed by atoms with Crippen molar-refractivity contribution in [2.45, 2.75) is 33.2 Å². The van der Waals surface area contributed by atoms with E-state index in [1.54, 1.807) is 26.2 Å². The first-order chi connectivity index (χ1) is 12.8. The number of ether oxygens (including phenoxy) is 3. The lowest BCUT2D eigenvalue weighted by atomic mass is 10.0. The molecule has 5 heteroatoms. The zero-order chi connectivity index (χ0) is 20.0. The van der Waals surface area contributed by atoms with Crippen LogP contribution in [0.25, 0.3) is 0 Å². The number of rotatable bonds is 8. The van der Waals surface area contributed by atoms with Crippen LogP contribution in [0.15, 0.2) is 36.4 Å². The van der Waals surface area contributed by atoms with E-state index < -0.39 is 0 Å². The second-order valence-electron chi connectivity index (χ2n) is 6.92. The summed E-state index contributed by atoms with van der Waals surface area (Å²) in [6.07, 6.45) is 0. The Kier molecular flexibility index (Phi) is 7.11. The highest BCUT2D eigenvalue weighted by Gasteiger charge is 2.14. The lowest BCUT2D eigenvalue weighted by molar-refractivity contribution is -0.132. The van der Waals surface area contributed by atoms with Crippen LogP contribution >= 0.6 is 0 Å². The molecule has 0 aliphatic rings. The van der Waals surface area contributed by atoms with Gasteiger partial charge in [0.2, 0.25) is 0 Å². The minimum atomic E-state index is -0.0824. The summed E-state index contributed by atoms with van der Waals surface area (Å²) in [6, 6.07) is 11.7. The van der Waals surface area contributed by atoms with E-state index in [0.717, 1.165) is 22.4 Å². The summed E-state index contributed by atoms with van der Waals surface area (Å²) in [4.78, 5) is 14.2. The fraction of sp³-hybridized carbons (Fsp3) is 0.409. The maximum Gasteiger partial charge on any atom is 0.260 e. The van der Waals surface area contributed by atoms with Crippen molar-refractivity contribution in [1.82, 2.24) is 4.90 Å². The maximum absolute atomic E-state index is 12.5. The number of nitrogens with zero attached hydrogens (tertiary/aromatic N) is 1. The fourth-order valence-corrected chi connectivity index (χ4v) is 2.83. The van der Waals surface area contributed by atoms with Crippen molar-refractivity contribution in [2.24, 2.45) is 0 Å². The predicted molar refractivity (Wildman–Crippen MR) is 107 cm³/mol. The largest absolute Gasteiger partial charge is 0.493 e. The Morgan fingerprint density at radius 3 is 2.33 bits per heavy atom. The molecule has 0 fully saturated rings. The Morgan fingerprint density at radius 2 is 1.70 bits per heavy atom. The molecule has 0 atom stereocenters. The smallest absolute Gasteiger partial charge is 0.260 e. The highest BCUT2D eigenvalue weighted by molar-refractivity contribution is 5.77. The molecule has 27 heavy (non-hydrogen) atoms. The summed E-state index contributed by atoms with van der Waals surface area (Å²) >= 11 is 0. The molecule has 2 aromatic carbocycles. The minimum Gasteiger partial charge on any atom is -0.493 e. The van der Waals surface area contributed by atoms with E-state index in [4.69, 9.17) is 14.2 Å². The number of aryl methyl sites for hydroxylation is 1. The van der Waals surface area contributed by atoms with Crippen molar-refractivity contribution >= 4 is 5.91 Å². The fourth-order valence-electron chi connectivity index (χ4n) is 2.83. The number of amides is 1.